The number of carbonyl (C=O) groups is 1. The van der Waals surface area contributed by atoms with Crippen LogP contribution in [0.4, 0.5) is 0 Å². The largest absolute Gasteiger partial charge is 0.347 e. The van der Waals surface area contributed by atoms with Crippen LogP contribution >= 0.6 is 0 Å². The van der Waals surface area contributed by atoms with Gasteiger partial charge in [-0.25, -0.2) is 0 Å². The molecule has 0 saturated heterocycles. The van der Waals surface area contributed by atoms with Crippen LogP contribution in [0.15, 0.2) is 48.7 Å². The monoisotopic (exact) mass is 296 g/mol. The zero-order chi connectivity index (χ0) is 16.2. The summed E-state index contributed by atoms with van der Waals surface area (Å²) in [7, 11) is 0. The van der Waals surface area contributed by atoms with Crippen molar-refractivity contribution in [3.63, 3.8) is 0 Å². The molecule has 1 heterocycles. The Bertz CT molecular complexity index is 629. The highest BCUT2D eigenvalue weighted by Crippen LogP contribution is 2.21. The number of rotatable bonds is 4. The van der Waals surface area contributed by atoms with Gasteiger partial charge in [0.1, 0.15) is 0 Å². The van der Waals surface area contributed by atoms with E-state index in [-0.39, 0.29) is 11.9 Å². The van der Waals surface area contributed by atoms with Gasteiger partial charge in [-0.1, -0.05) is 51.1 Å². The fraction of sp³-hybridized carbons (Fsp3) is 0.368. The van der Waals surface area contributed by atoms with Crippen molar-refractivity contribution in [2.45, 2.75) is 40.2 Å². The Labute approximate surface area is 132 Å². The zero-order valence-corrected chi connectivity index (χ0v) is 13.8. The summed E-state index contributed by atoms with van der Waals surface area (Å²) in [5.74, 6) is 0.0386. The second kappa shape index (κ2) is 6.73. The summed E-state index contributed by atoms with van der Waals surface area (Å²) in [5.41, 5.74) is 2.82. The Balaban J connectivity index is 2.26. The molecule has 1 amide bonds. The molecule has 1 unspecified atom stereocenters. The highest BCUT2D eigenvalue weighted by molar-refractivity contribution is 5.81. The van der Waals surface area contributed by atoms with Crippen molar-refractivity contribution in [1.29, 1.82) is 0 Å². The van der Waals surface area contributed by atoms with Crippen LogP contribution in [0.2, 0.25) is 0 Å². The molecule has 1 atom stereocenters. The molecule has 3 heteroatoms. The number of benzene rings is 1. The molecule has 2 rings (SSSR count). The van der Waals surface area contributed by atoms with Crippen molar-refractivity contribution in [3.8, 4) is 0 Å². The smallest absolute Gasteiger partial charge is 0.225 e. The number of carbonyl (C=O) groups excluding carboxylic acids is 1. The topological polar surface area (TPSA) is 42.0 Å². The number of nitrogens with zero attached hydrogens (tertiary/aromatic N) is 1. The third-order valence-corrected chi connectivity index (χ3v) is 3.56. The number of hydrogen-bond donors (Lipinski definition) is 1. The first kappa shape index (κ1) is 16.2. The van der Waals surface area contributed by atoms with Crippen LogP contribution in [0, 0.1) is 12.3 Å². The third kappa shape index (κ3) is 4.42. The van der Waals surface area contributed by atoms with Gasteiger partial charge in [-0.2, -0.15) is 0 Å². The molecule has 1 N–H and O–H groups in total. The molecule has 0 aliphatic heterocycles. The molecule has 1 aromatic heterocycles. The van der Waals surface area contributed by atoms with Gasteiger partial charge in [-0.3, -0.25) is 9.78 Å². The van der Waals surface area contributed by atoms with E-state index in [4.69, 9.17) is 0 Å². The van der Waals surface area contributed by atoms with E-state index in [1.54, 1.807) is 6.20 Å². The average molecular weight is 296 g/mol. The molecular weight excluding hydrogens is 272 g/mol. The van der Waals surface area contributed by atoms with E-state index in [1.807, 2.05) is 58.0 Å². The predicted octanol–water partition coefficient (Wildman–Crippen LogP) is 3.84. The van der Waals surface area contributed by atoms with E-state index in [9.17, 15) is 4.79 Å². The van der Waals surface area contributed by atoms with Gasteiger partial charge >= 0.3 is 0 Å². The fourth-order valence-electron chi connectivity index (χ4n) is 2.20. The summed E-state index contributed by atoms with van der Waals surface area (Å²) in [4.78, 5) is 16.8. The lowest BCUT2D eigenvalue weighted by atomic mass is 9.93. The summed E-state index contributed by atoms with van der Waals surface area (Å²) in [6.07, 6.45) is 2.53. The van der Waals surface area contributed by atoms with Crippen molar-refractivity contribution < 1.29 is 4.79 Å². The Hall–Kier alpha value is -2.16. The lowest BCUT2D eigenvalue weighted by Crippen LogP contribution is -2.38. The van der Waals surface area contributed by atoms with Crippen molar-refractivity contribution in [3.05, 3.63) is 65.5 Å². The lowest BCUT2D eigenvalue weighted by Gasteiger charge is -2.24. The van der Waals surface area contributed by atoms with Gasteiger partial charge in [0.15, 0.2) is 0 Å². The molecule has 0 saturated carbocycles. The van der Waals surface area contributed by atoms with Gasteiger partial charge in [-0.05, 0) is 36.6 Å². The van der Waals surface area contributed by atoms with Crippen LogP contribution in [-0.2, 0) is 11.2 Å². The number of pyridine rings is 1. The van der Waals surface area contributed by atoms with Crippen molar-refractivity contribution in [2.75, 3.05) is 0 Å². The third-order valence-electron chi connectivity index (χ3n) is 3.56. The summed E-state index contributed by atoms with van der Waals surface area (Å²) < 4.78 is 0. The Morgan fingerprint density at radius 1 is 1.18 bits per heavy atom. The van der Waals surface area contributed by atoms with Crippen LogP contribution in [-0.4, -0.2) is 10.9 Å². The van der Waals surface area contributed by atoms with Crippen LogP contribution in [0.3, 0.4) is 0 Å². The summed E-state index contributed by atoms with van der Waals surface area (Å²) in [6.45, 7) is 7.80. The normalized spacial score (nSPS) is 12.7. The molecular formula is C19H24N2O. The molecule has 0 aliphatic rings. The van der Waals surface area contributed by atoms with E-state index >= 15 is 0 Å². The maximum absolute atomic E-state index is 12.4. The van der Waals surface area contributed by atoms with Crippen molar-refractivity contribution >= 4 is 5.91 Å². The summed E-state index contributed by atoms with van der Waals surface area (Å²) in [6, 6.07) is 14.1. The highest BCUT2D eigenvalue weighted by atomic mass is 16.2. The van der Waals surface area contributed by atoms with Gasteiger partial charge in [0.25, 0.3) is 0 Å². The van der Waals surface area contributed by atoms with E-state index in [0.717, 1.165) is 17.7 Å². The summed E-state index contributed by atoms with van der Waals surface area (Å²) >= 11 is 0. The Morgan fingerprint density at radius 3 is 2.45 bits per heavy atom. The molecule has 0 radical (unpaired) electrons. The van der Waals surface area contributed by atoms with E-state index in [1.165, 1.54) is 5.56 Å². The number of hydrogen-bond acceptors (Lipinski definition) is 2. The van der Waals surface area contributed by atoms with Gasteiger partial charge in [0.2, 0.25) is 5.91 Å². The molecule has 2 aromatic rings. The summed E-state index contributed by atoms with van der Waals surface area (Å²) in [5, 5.41) is 3.15. The predicted molar refractivity (Wildman–Crippen MR) is 89.5 cm³/mol. The highest BCUT2D eigenvalue weighted by Gasteiger charge is 2.25. The molecule has 0 fully saturated rings. The second-order valence-corrected chi connectivity index (χ2v) is 6.72. The van der Waals surface area contributed by atoms with E-state index in [0.29, 0.717) is 0 Å². The molecule has 22 heavy (non-hydrogen) atoms. The van der Waals surface area contributed by atoms with Crippen molar-refractivity contribution in [1.82, 2.24) is 10.3 Å². The Kier molecular flexibility index (Phi) is 4.96. The minimum Gasteiger partial charge on any atom is -0.347 e. The molecule has 1 aromatic carbocycles. The quantitative estimate of drug-likeness (QED) is 0.931. The maximum Gasteiger partial charge on any atom is 0.225 e. The average Bonchev–Trinajstić information content (AvgIpc) is 2.46. The minimum atomic E-state index is -0.418. The molecule has 0 spiro atoms. The number of nitrogens with one attached hydrogen (secondary N) is 1. The first-order chi connectivity index (χ1) is 10.4. The SMILES string of the molecule is Cc1ccnc(C(Cc2ccccc2)NC(=O)C(C)(C)C)c1. The van der Waals surface area contributed by atoms with Gasteiger partial charge in [-0.15, -0.1) is 0 Å². The first-order valence-corrected chi connectivity index (χ1v) is 7.64. The number of amides is 1. The molecule has 116 valence electrons. The van der Waals surface area contributed by atoms with Crippen LogP contribution in [0.25, 0.3) is 0 Å². The molecule has 0 aliphatic carbocycles. The van der Waals surface area contributed by atoms with Crippen molar-refractivity contribution in [2.24, 2.45) is 5.41 Å². The number of aryl methyl sites for hydroxylation is 1. The molecule has 3 nitrogen and oxygen atoms in total. The lowest BCUT2D eigenvalue weighted by molar-refractivity contribution is -0.129. The van der Waals surface area contributed by atoms with Crippen LogP contribution in [0.5, 0.6) is 0 Å². The van der Waals surface area contributed by atoms with Crippen LogP contribution in [0.1, 0.15) is 43.6 Å². The van der Waals surface area contributed by atoms with Gasteiger partial charge in [0.05, 0.1) is 11.7 Å². The Morgan fingerprint density at radius 2 is 1.86 bits per heavy atom. The van der Waals surface area contributed by atoms with Gasteiger partial charge < -0.3 is 5.32 Å². The van der Waals surface area contributed by atoms with E-state index < -0.39 is 5.41 Å². The standard InChI is InChI=1S/C19H24N2O/c1-14-10-11-20-16(12-14)17(21-18(22)19(2,3)4)13-15-8-6-5-7-9-15/h5-12,17H,13H2,1-4H3,(H,21,22). The van der Waals surface area contributed by atoms with Crippen LogP contribution < -0.4 is 5.32 Å². The van der Waals surface area contributed by atoms with E-state index in [2.05, 4.69) is 22.4 Å². The maximum atomic E-state index is 12.4. The fourth-order valence-corrected chi connectivity index (χ4v) is 2.20. The molecule has 0 bridgehead atoms. The number of aromatic nitrogens is 1. The second-order valence-electron chi connectivity index (χ2n) is 6.72. The zero-order valence-electron chi connectivity index (χ0n) is 13.8. The van der Waals surface area contributed by atoms with Gasteiger partial charge in [0, 0.05) is 11.6 Å². The minimum absolute atomic E-state index is 0.0386. The first-order valence-electron chi connectivity index (χ1n) is 7.64.